The minimum Gasteiger partial charge on any atom is -0.352 e. The zero-order chi connectivity index (χ0) is 16.3. The molecule has 1 amide bonds. The minimum absolute atomic E-state index is 0.0241. The third-order valence-electron chi connectivity index (χ3n) is 3.09. The second-order valence-corrected chi connectivity index (χ2v) is 4.95. The van der Waals surface area contributed by atoms with E-state index in [9.17, 15) is 18.4 Å². The highest BCUT2D eigenvalue weighted by molar-refractivity contribution is 5.78. The topological polar surface area (TPSA) is 74.8 Å². The van der Waals surface area contributed by atoms with Crippen LogP contribution in [0.25, 0.3) is 0 Å². The Bertz CT molecular complexity index is 752. The number of nitrogens with zero attached hydrogens (tertiary/aromatic N) is 1. The number of carbonyl (C=O) groups excluding carboxylic acids is 1. The van der Waals surface area contributed by atoms with E-state index in [0.717, 1.165) is 18.2 Å². The highest BCUT2D eigenvalue weighted by atomic mass is 19.1. The Balaban J connectivity index is 2.03. The molecule has 1 aromatic heterocycles. The number of benzene rings is 1. The van der Waals surface area contributed by atoms with Crippen molar-refractivity contribution < 1.29 is 13.6 Å². The molecule has 0 saturated heterocycles. The van der Waals surface area contributed by atoms with Crippen LogP contribution in [-0.2, 0) is 17.8 Å². The maximum Gasteiger partial charge on any atom is 0.254 e. The van der Waals surface area contributed by atoms with Gasteiger partial charge < -0.3 is 10.3 Å². The first-order valence-corrected chi connectivity index (χ1v) is 6.63. The van der Waals surface area contributed by atoms with E-state index >= 15 is 0 Å². The van der Waals surface area contributed by atoms with Crippen LogP contribution in [0.15, 0.2) is 23.0 Å². The molecule has 0 aliphatic heterocycles. The SMILES string of the molecule is Cc1nc(C)c(CC(=O)NCc2cc(F)cc(F)c2)c(=O)[nH]1. The molecule has 2 aromatic rings. The molecule has 0 bridgehead atoms. The summed E-state index contributed by atoms with van der Waals surface area (Å²) in [5, 5.41) is 2.52. The van der Waals surface area contributed by atoms with Crippen molar-refractivity contribution in [1.82, 2.24) is 15.3 Å². The van der Waals surface area contributed by atoms with Gasteiger partial charge in [0.1, 0.15) is 17.5 Å². The number of aromatic nitrogens is 2. The number of aryl methyl sites for hydroxylation is 2. The minimum atomic E-state index is -0.709. The Morgan fingerprint density at radius 3 is 2.45 bits per heavy atom. The van der Waals surface area contributed by atoms with Crippen molar-refractivity contribution >= 4 is 5.91 Å². The van der Waals surface area contributed by atoms with Crippen molar-refractivity contribution in [2.75, 3.05) is 0 Å². The summed E-state index contributed by atoms with van der Waals surface area (Å²) in [5.74, 6) is -1.37. The third kappa shape index (κ3) is 3.97. The van der Waals surface area contributed by atoms with Crippen LogP contribution in [0.5, 0.6) is 0 Å². The zero-order valence-electron chi connectivity index (χ0n) is 12.2. The molecule has 5 nitrogen and oxygen atoms in total. The fourth-order valence-electron chi connectivity index (χ4n) is 2.10. The quantitative estimate of drug-likeness (QED) is 0.899. The van der Waals surface area contributed by atoms with Gasteiger partial charge >= 0.3 is 0 Å². The van der Waals surface area contributed by atoms with E-state index in [1.807, 2.05) is 0 Å². The van der Waals surface area contributed by atoms with Crippen molar-refractivity contribution in [2.45, 2.75) is 26.8 Å². The van der Waals surface area contributed by atoms with Gasteiger partial charge in [-0.15, -0.1) is 0 Å². The Morgan fingerprint density at radius 2 is 1.86 bits per heavy atom. The van der Waals surface area contributed by atoms with Crippen LogP contribution < -0.4 is 10.9 Å². The summed E-state index contributed by atoms with van der Waals surface area (Å²) in [7, 11) is 0. The van der Waals surface area contributed by atoms with E-state index in [4.69, 9.17) is 0 Å². The van der Waals surface area contributed by atoms with Crippen LogP contribution in [0.4, 0.5) is 8.78 Å². The monoisotopic (exact) mass is 307 g/mol. The summed E-state index contributed by atoms with van der Waals surface area (Å²) < 4.78 is 26.1. The summed E-state index contributed by atoms with van der Waals surface area (Å²) in [5.41, 5.74) is 0.692. The van der Waals surface area contributed by atoms with Gasteiger partial charge in [-0.1, -0.05) is 0 Å². The van der Waals surface area contributed by atoms with Gasteiger partial charge in [0.05, 0.1) is 6.42 Å². The van der Waals surface area contributed by atoms with Crippen LogP contribution >= 0.6 is 0 Å². The van der Waals surface area contributed by atoms with Crippen molar-refractivity contribution in [3.05, 3.63) is 62.8 Å². The summed E-state index contributed by atoms with van der Waals surface area (Å²) in [4.78, 5) is 30.3. The van der Waals surface area contributed by atoms with Crippen LogP contribution in [0, 0.1) is 25.5 Å². The summed E-state index contributed by atoms with van der Waals surface area (Å²) in [6.45, 7) is 3.27. The number of rotatable bonds is 4. The highest BCUT2D eigenvalue weighted by Gasteiger charge is 2.12. The number of hydrogen-bond acceptors (Lipinski definition) is 3. The first-order chi connectivity index (χ1) is 10.3. The van der Waals surface area contributed by atoms with Gasteiger partial charge in [0.15, 0.2) is 0 Å². The van der Waals surface area contributed by atoms with Gasteiger partial charge in [0.2, 0.25) is 5.91 Å². The first-order valence-electron chi connectivity index (χ1n) is 6.63. The van der Waals surface area contributed by atoms with E-state index in [2.05, 4.69) is 15.3 Å². The van der Waals surface area contributed by atoms with E-state index < -0.39 is 17.5 Å². The molecular formula is C15H15F2N3O2. The summed E-state index contributed by atoms with van der Waals surface area (Å²) >= 11 is 0. The molecule has 0 spiro atoms. The molecule has 0 aliphatic rings. The number of nitrogens with one attached hydrogen (secondary N) is 2. The zero-order valence-corrected chi connectivity index (χ0v) is 12.2. The lowest BCUT2D eigenvalue weighted by Crippen LogP contribution is -2.29. The van der Waals surface area contributed by atoms with E-state index in [1.165, 1.54) is 0 Å². The molecule has 1 heterocycles. The van der Waals surface area contributed by atoms with Crippen LogP contribution in [0.1, 0.15) is 22.6 Å². The number of carbonyl (C=O) groups is 1. The van der Waals surface area contributed by atoms with Crippen LogP contribution in [-0.4, -0.2) is 15.9 Å². The molecule has 2 rings (SSSR count). The molecule has 0 radical (unpaired) electrons. The summed E-state index contributed by atoms with van der Waals surface area (Å²) in [6, 6.07) is 3.02. The maximum absolute atomic E-state index is 13.0. The highest BCUT2D eigenvalue weighted by Crippen LogP contribution is 2.08. The normalized spacial score (nSPS) is 10.5. The average molecular weight is 307 g/mol. The molecule has 1 aromatic carbocycles. The molecule has 0 saturated carbocycles. The molecule has 22 heavy (non-hydrogen) atoms. The van der Waals surface area contributed by atoms with Gasteiger partial charge in [-0.25, -0.2) is 13.8 Å². The van der Waals surface area contributed by atoms with Crippen molar-refractivity contribution in [3.8, 4) is 0 Å². The number of hydrogen-bond donors (Lipinski definition) is 2. The lowest BCUT2D eigenvalue weighted by Gasteiger charge is -2.07. The van der Waals surface area contributed by atoms with Crippen molar-refractivity contribution in [3.63, 3.8) is 0 Å². The first kappa shape index (κ1) is 15.8. The Labute approximate surface area is 125 Å². The van der Waals surface area contributed by atoms with Crippen molar-refractivity contribution in [1.29, 1.82) is 0 Å². The number of H-pyrrole nitrogens is 1. The number of aromatic amines is 1. The predicted molar refractivity (Wildman–Crippen MR) is 76.2 cm³/mol. The second-order valence-electron chi connectivity index (χ2n) is 4.95. The molecule has 0 unspecified atom stereocenters. The lowest BCUT2D eigenvalue weighted by molar-refractivity contribution is -0.120. The van der Waals surface area contributed by atoms with Crippen molar-refractivity contribution in [2.24, 2.45) is 0 Å². The number of halogens is 2. The Kier molecular flexibility index (Phi) is 4.65. The van der Waals surface area contributed by atoms with Gasteiger partial charge in [-0.05, 0) is 31.5 Å². The van der Waals surface area contributed by atoms with E-state index in [1.54, 1.807) is 13.8 Å². The van der Waals surface area contributed by atoms with Crippen LogP contribution in [0.2, 0.25) is 0 Å². The molecule has 0 atom stereocenters. The van der Waals surface area contributed by atoms with Crippen LogP contribution in [0.3, 0.4) is 0 Å². The lowest BCUT2D eigenvalue weighted by atomic mass is 10.1. The molecule has 0 aliphatic carbocycles. The predicted octanol–water partition coefficient (Wildman–Crippen LogP) is 1.52. The Hall–Kier alpha value is -2.57. The molecule has 0 fully saturated rings. The van der Waals surface area contributed by atoms with Gasteiger partial charge in [0, 0.05) is 23.9 Å². The fraction of sp³-hybridized carbons (Fsp3) is 0.267. The van der Waals surface area contributed by atoms with Gasteiger partial charge in [0.25, 0.3) is 5.56 Å². The Morgan fingerprint density at radius 1 is 1.23 bits per heavy atom. The van der Waals surface area contributed by atoms with Gasteiger partial charge in [-0.2, -0.15) is 0 Å². The molecular weight excluding hydrogens is 292 g/mol. The molecule has 2 N–H and O–H groups in total. The second kappa shape index (κ2) is 6.46. The van der Waals surface area contributed by atoms with Gasteiger partial charge in [-0.3, -0.25) is 9.59 Å². The fourth-order valence-corrected chi connectivity index (χ4v) is 2.10. The number of amides is 1. The largest absolute Gasteiger partial charge is 0.352 e. The third-order valence-corrected chi connectivity index (χ3v) is 3.09. The summed E-state index contributed by atoms with van der Waals surface area (Å²) in [6.07, 6.45) is -0.147. The van der Waals surface area contributed by atoms with E-state index in [0.29, 0.717) is 17.1 Å². The smallest absolute Gasteiger partial charge is 0.254 e. The average Bonchev–Trinajstić information content (AvgIpc) is 2.39. The standard InChI is InChI=1S/C15H15F2N3O2/c1-8-13(15(22)20-9(2)19-8)6-14(21)18-7-10-3-11(16)5-12(17)4-10/h3-5H,6-7H2,1-2H3,(H,18,21)(H,19,20,22). The maximum atomic E-state index is 13.0. The molecule has 7 heteroatoms. The molecule has 116 valence electrons. The van der Waals surface area contributed by atoms with E-state index in [-0.39, 0.29) is 24.1 Å².